The highest BCUT2D eigenvalue weighted by Gasteiger charge is 2.26. The van der Waals surface area contributed by atoms with Crippen LogP contribution in [0.3, 0.4) is 0 Å². The van der Waals surface area contributed by atoms with Crippen LogP contribution in [0.4, 0.5) is 0 Å². The normalized spacial score (nSPS) is 12.6. The van der Waals surface area contributed by atoms with Gasteiger partial charge in [-0.25, -0.2) is 13.2 Å². The maximum Gasteiger partial charge on any atom is 0.339 e. The van der Waals surface area contributed by atoms with E-state index in [0.29, 0.717) is 5.75 Å². The van der Waals surface area contributed by atoms with E-state index in [-0.39, 0.29) is 22.6 Å². The number of ether oxygens (including phenoxy) is 1. The Labute approximate surface area is 137 Å². The highest BCUT2D eigenvalue weighted by molar-refractivity contribution is 7.98. The number of rotatable bonds is 9. The lowest BCUT2D eigenvalue weighted by atomic mass is 10.2. The monoisotopic (exact) mass is 363 g/mol. The van der Waals surface area contributed by atoms with E-state index in [0.717, 1.165) is 12.1 Å². The van der Waals surface area contributed by atoms with E-state index in [9.17, 15) is 18.0 Å². The van der Waals surface area contributed by atoms with Crippen LogP contribution in [0.1, 0.15) is 16.8 Å². The van der Waals surface area contributed by atoms with Crippen molar-refractivity contribution in [3.8, 4) is 5.75 Å². The van der Waals surface area contributed by atoms with Crippen LogP contribution in [0, 0.1) is 0 Å². The topological polar surface area (TPSA) is 130 Å². The molecule has 0 bridgehead atoms. The van der Waals surface area contributed by atoms with Gasteiger partial charge in [0.15, 0.2) is 0 Å². The summed E-state index contributed by atoms with van der Waals surface area (Å²) in [6.07, 6.45) is 1.88. The number of benzene rings is 1. The standard InChI is InChI=1S/C13H17NO7S2/c1-21-11-4-3-8(7-9(11)12(15)16)23(19,20)14-10(13(17)18)5-6-22-2/h3-4,7,10,14H,5-6H2,1-2H3,(H,15,16)(H,17,18)/t10-/m1/s1. The number of thioether (sulfide) groups is 1. The van der Waals surface area contributed by atoms with Gasteiger partial charge in [0.05, 0.1) is 12.0 Å². The Morgan fingerprint density at radius 3 is 2.48 bits per heavy atom. The molecule has 0 radical (unpaired) electrons. The second-order valence-corrected chi connectivity index (χ2v) is 7.16. The van der Waals surface area contributed by atoms with Gasteiger partial charge in [0.1, 0.15) is 17.4 Å². The number of aliphatic carboxylic acids is 1. The fraction of sp³-hybridized carbons (Fsp3) is 0.385. The molecular weight excluding hydrogens is 346 g/mol. The summed E-state index contributed by atoms with van der Waals surface area (Å²) in [6.45, 7) is 0. The van der Waals surface area contributed by atoms with Crippen molar-refractivity contribution in [3.05, 3.63) is 23.8 Å². The lowest BCUT2D eigenvalue weighted by molar-refractivity contribution is -0.139. The van der Waals surface area contributed by atoms with E-state index in [1.54, 1.807) is 6.26 Å². The first-order valence-corrected chi connectivity index (χ1v) is 9.26. The Balaban J connectivity index is 3.14. The molecule has 0 heterocycles. The summed E-state index contributed by atoms with van der Waals surface area (Å²) >= 11 is 1.39. The summed E-state index contributed by atoms with van der Waals surface area (Å²) in [5.41, 5.74) is -0.327. The van der Waals surface area contributed by atoms with Gasteiger partial charge in [0, 0.05) is 0 Å². The predicted molar refractivity (Wildman–Crippen MR) is 84.7 cm³/mol. The van der Waals surface area contributed by atoms with E-state index in [2.05, 4.69) is 4.72 Å². The van der Waals surface area contributed by atoms with Crippen LogP contribution in [0.15, 0.2) is 23.1 Å². The predicted octanol–water partition coefficient (Wildman–Crippen LogP) is 0.878. The number of nitrogens with one attached hydrogen (secondary N) is 1. The summed E-state index contributed by atoms with van der Waals surface area (Å²) < 4.78 is 31.5. The van der Waals surface area contributed by atoms with Gasteiger partial charge in [-0.3, -0.25) is 4.79 Å². The molecule has 0 unspecified atom stereocenters. The molecule has 0 aliphatic carbocycles. The van der Waals surface area contributed by atoms with Crippen LogP contribution in [-0.2, 0) is 14.8 Å². The average Bonchev–Trinajstić information content (AvgIpc) is 2.50. The van der Waals surface area contributed by atoms with Crippen molar-refractivity contribution in [2.45, 2.75) is 17.4 Å². The molecule has 0 fully saturated rings. The number of sulfonamides is 1. The second-order valence-electron chi connectivity index (χ2n) is 4.46. The van der Waals surface area contributed by atoms with Crippen LogP contribution < -0.4 is 9.46 Å². The molecule has 1 aromatic carbocycles. The van der Waals surface area contributed by atoms with Gasteiger partial charge in [0.25, 0.3) is 0 Å². The van der Waals surface area contributed by atoms with Crippen molar-refractivity contribution in [3.63, 3.8) is 0 Å². The van der Waals surface area contributed by atoms with Gasteiger partial charge in [-0.05, 0) is 36.6 Å². The van der Waals surface area contributed by atoms with Crippen molar-refractivity contribution >= 4 is 33.7 Å². The number of aromatic carboxylic acids is 1. The van der Waals surface area contributed by atoms with E-state index >= 15 is 0 Å². The maximum atomic E-state index is 12.3. The first-order valence-electron chi connectivity index (χ1n) is 6.38. The molecule has 0 aliphatic rings. The zero-order valence-corrected chi connectivity index (χ0v) is 14.1. The molecule has 0 amide bonds. The van der Waals surface area contributed by atoms with E-state index in [4.69, 9.17) is 14.9 Å². The van der Waals surface area contributed by atoms with E-state index in [1.807, 2.05) is 0 Å². The van der Waals surface area contributed by atoms with Gasteiger partial charge in [0.2, 0.25) is 10.0 Å². The van der Waals surface area contributed by atoms with Crippen LogP contribution in [0.5, 0.6) is 5.75 Å². The molecular formula is C13H17NO7S2. The molecule has 1 atom stereocenters. The molecule has 3 N–H and O–H groups in total. The highest BCUT2D eigenvalue weighted by atomic mass is 32.2. The zero-order chi connectivity index (χ0) is 17.6. The van der Waals surface area contributed by atoms with E-state index < -0.39 is 28.0 Å². The Morgan fingerprint density at radius 1 is 1.35 bits per heavy atom. The van der Waals surface area contributed by atoms with Gasteiger partial charge >= 0.3 is 11.9 Å². The smallest absolute Gasteiger partial charge is 0.339 e. The molecule has 0 saturated carbocycles. The Morgan fingerprint density at radius 2 is 2.00 bits per heavy atom. The fourth-order valence-corrected chi connectivity index (χ4v) is 3.47. The van der Waals surface area contributed by atoms with Crippen molar-refractivity contribution in [2.24, 2.45) is 0 Å². The van der Waals surface area contributed by atoms with Gasteiger partial charge < -0.3 is 14.9 Å². The van der Waals surface area contributed by atoms with Gasteiger partial charge in [-0.15, -0.1) is 0 Å². The molecule has 0 spiro atoms. The lowest BCUT2D eigenvalue weighted by Crippen LogP contribution is -2.41. The Hall–Kier alpha value is -1.78. The van der Waals surface area contributed by atoms with Crippen LogP contribution in [0.25, 0.3) is 0 Å². The van der Waals surface area contributed by atoms with Crippen LogP contribution in [0.2, 0.25) is 0 Å². The van der Waals surface area contributed by atoms with Gasteiger partial charge in [-0.1, -0.05) is 0 Å². The number of hydrogen-bond donors (Lipinski definition) is 3. The van der Waals surface area contributed by atoms with Crippen molar-refractivity contribution in [1.29, 1.82) is 0 Å². The number of carboxylic acids is 2. The number of carbonyl (C=O) groups is 2. The third kappa shape index (κ3) is 5.12. The van der Waals surface area contributed by atoms with E-state index in [1.165, 1.54) is 24.9 Å². The van der Waals surface area contributed by atoms with Crippen molar-refractivity contribution in [2.75, 3.05) is 19.1 Å². The molecule has 128 valence electrons. The summed E-state index contributed by atoms with van der Waals surface area (Å²) in [6, 6.07) is 2.00. The average molecular weight is 363 g/mol. The van der Waals surface area contributed by atoms with Crippen molar-refractivity contribution < 1.29 is 33.0 Å². The molecule has 1 aromatic rings. The lowest BCUT2D eigenvalue weighted by Gasteiger charge is -2.15. The first-order chi connectivity index (χ1) is 10.7. The summed E-state index contributed by atoms with van der Waals surface area (Å²) in [5.74, 6) is -2.18. The largest absolute Gasteiger partial charge is 0.496 e. The quantitative estimate of drug-likeness (QED) is 0.589. The molecule has 0 aromatic heterocycles. The zero-order valence-electron chi connectivity index (χ0n) is 12.5. The molecule has 0 saturated heterocycles. The summed E-state index contributed by atoms with van der Waals surface area (Å²) in [7, 11) is -2.91. The minimum atomic E-state index is -4.17. The first kappa shape index (κ1) is 19.3. The van der Waals surface area contributed by atoms with Gasteiger partial charge in [-0.2, -0.15) is 16.5 Å². The van der Waals surface area contributed by atoms with Crippen molar-refractivity contribution in [1.82, 2.24) is 4.72 Å². The maximum absolute atomic E-state index is 12.3. The molecule has 0 aliphatic heterocycles. The SMILES string of the molecule is COc1ccc(S(=O)(=O)N[C@H](CCSC)C(=O)O)cc1C(=O)O. The summed E-state index contributed by atoms with van der Waals surface area (Å²) in [5, 5.41) is 18.2. The van der Waals surface area contributed by atoms with Crippen LogP contribution >= 0.6 is 11.8 Å². The summed E-state index contributed by atoms with van der Waals surface area (Å²) in [4.78, 5) is 21.9. The molecule has 10 heteroatoms. The molecule has 1 rings (SSSR count). The minimum absolute atomic E-state index is 0.00798. The Kier molecular flexibility index (Phi) is 6.85. The molecule has 8 nitrogen and oxygen atoms in total. The molecule has 23 heavy (non-hydrogen) atoms. The number of methoxy groups -OCH3 is 1. The fourth-order valence-electron chi connectivity index (χ4n) is 1.75. The minimum Gasteiger partial charge on any atom is -0.496 e. The second kappa shape index (κ2) is 8.18. The third-order valence-electron chi connectivity index (χ3n) is 2.92. The Bertz CT molecular complexity index is 688. The number of carboxylic acid groups (broad SMARTS) is 2. The van der Waals surface area contributed by atoms with Crippen LogP contribution in [-0.4, -0.2) is 55.7 Å². The third-order valence-corrected chi connectivity index (χ3v) is 5.03. The highest BCUT2D eigenvalue weighted by Crippen LogP contribution is 2.22. The number of hydrogen-bond acceptors (Lipinski definition) is 6.